The van der Waals surface area contributed by atoms with Gasteiger partial charge in [-0.15, -0.1) is 0 Å². The van der Waals surface area contributed by atoms with Crippen molar-refractivity contribution in [1.29, 1.82) is 0 Å². The first kappa shape index (κ1) is 18.1. The Kier molecular flexibility index (Phi) is 6.46. The van der Waals surface area contributed by atoms with Crippen LogP contribution in [0.2, 0.25) is 10.0 Å². The summed E-state index contributed by atoms with van der Waals surface area (Å²) < 4.78 is 5.25. The fourth-order valence-electron chi connectivity index (χ4n) is 2.10. The number of nitrogens with two attached hydrogens (primary N) is 1. The van der Waals surface area contributed by atoms with E-state index in [1.807, 2.05) is 30.3 Å². The number of carbonyl (C=O) groups is 2. The number of rotatable bonds is 6. The van der Waals surface area contributed by atoms with Crippen molar-refractivity contribution in [3.05, 3.63) is 69.7 Å². The quantitative estimate of drug-likeness (QED) is 0.769. The number of hydrogen-bond acceptors (Lipinski definition) is 3. The van der Waals surface area contributed by atoms with E-state index in [2.05, 4.69) is 5.32 Å². The molecule has 0 unspecified atom stereocenters. The molecule has 0 saturated carbocycles. The number of urea groups is 1. The second kappa shape index (κ2) is 8.57. The molecular weight excluding hydrogens is 351 g/mol. The summed E-state index contributed by atoms with van der Waals surface area (Å²) in [6.45, 7) is 0.0153. The molecule has 0 aliphatic rings. The third kappa shape index (κ3) is 5.44. The molecule has 0 radical (unpaired) electrons. The van der Waals surface area contributed by atoms with Crippen molar-refractivity contribution in [2.24, 2.45) is 5.73 Å². The Labute approximate surface area is 149 Å². The zero-order valence-electron chi connectivity index (χ0n) is 12.7. The summed E-state index contributed by atoms with van der Waals surface area (Å²) in [6, 6.07) is 12.5. The summed E-state index contributed by atoms with van der Waals surface area (Å²) in [5, 5.41) is 3.20. The van der Waals surface area contributed by atoms with E-state index < -0.39 is 18.0 Å². The molecular formula is C17H16Cl2N2O3. The zero-order valence-corrected chi connectivity index (χ0v) is 14.2. The zero-order chi connectivity index (χ0) is 17.5. The molecule has 0 aromatic heterocycles. The lowest BCUT2D eigenvalue weighted by molar-refractivity contribution is -0.147. The molecule has 2 aromatic rings. The van der Waals surface area contributed by atoms with E-state index in [1.54, 1.807) is 18.2 Å². The van der Waals surface area contributed by atoms with Crippen molar-refractivity contribution in [1.82, 2.24) is 5.32 Å². The fraction of sp³-hybridized carbons (Fsp3) is 0.176. The molecule has 0 fully saturated rings. The lowest BCUT2D eigenvalue weighted by atomic mass is 10.1. The first-order chi connectivity index (χ1) is 11.5. The van der Waals surface area contributed by atoms with Crippen LogP contribution in [0.15, 0.2) is 48.5 Å². The number of nitrogens with one attached hydrogen (secondary N) is 1. The minimum absolute atomic E-state index is 0.0153. The molecule has 126 valence electrons. The van der Waals surface area contributed by atoms with Gasteiger partial charge < -0.3 is 15.8 Å². The van der Waals surface area contributed by atoms with Gasteiger partial charge in [-0.25, -0.2) is 9.59 Å². The lowest BCUT2D eigenvalue weighted by Crippen LogP contribution is -2.45. The van der Waals surface area contributed by atoms with Crippen LogP contribution < -0.4 is 11.1 Å². The van der Waals surface area contributed by atoms with Crippen molar-refractivity contribution in [2.45, 2.75) is 19.1 Å². The van der Waals surface area contributed by atoms with Gasteiger partial charge in [-0.2, -0.15) is 0 Å². The van der Waals surface area contributed by atoms with E-state index in [1.165, 1.54) is 0 Å². The van der Waals surface area contributed by atoms with Crippen molar-refractivity contribution in [3.8, 4) is 0 Å². The number of carbonyl (C=O) groups excluding carboxylic acids is 2. The second-order valence-corrected chi connectivity index (χ2v) is 5.92. The molecule has 3 N–H and O–H groups in total. The van der Waals surface area contributed by atoms with Gasteiger partial charge in [0.15, 0.2) is 0 Å². The summed E-state index contributed by atoms with van der Waals surface area (Å²) in [4.78, 5) is 23.4. The SMILES string of the molecule is NC(=O)N[C@@H](Cc1ccccc1)C(=O)OCc1ccc(Cl)c(Cl)c1. The van der Waals surface area contributed by atoms with Crippen LogP contribution in [0.3, 0.4) is 0 Å². The maximum absolute atomic E-state index is 12.3. The highest BCUT2D eigenvalue weighted by molar-refractivity contribution is 6.42. The molecule has 2 amide bonds. The molecule has 0 saturated heterocycles. The van der Waals surface area contributed by atoms with Crippen molar-refractivity contribution < 1.29 is 14.3 Å². The normalized spacial score (nSPS) is 11.6. The van der Waals surface area contributed by atoms with Gasteiger partial charge in [0.1, 0.15) is 12.6 Å². The molecule has 7 heteroatoms. The number of amides is 2. The molecule has 2 rings (SSSR count). The number of esters is 1. The van der Waals surface area contributed by atoms with Gasteiger partial charge in [0.25, 0.3) is 0 Å². The second-order valence-electron chi connectivity index (χ2n) is 5.11. The van der Waals surface area contributed by atoms with Gasteiger partial charge in [0, 0.05) is 6.42 Å². The first-order valence-corrected chi connectivity index (χ1v) is 7.92. The van der Waals surface area contributed by atoms with Crippen molar-refractivity contribution in [3.63, 3.8) is 0 Å². The van der Waals surface area contributed by atoms with Crippen LogP contribution in [0.5, 0.6) is 0 Å². The van der Waals surface area contributed by atoms with Crippen LogP contribution in [0, 0.1) is 0 Å². The van der Waals surface area contributed by atoms with E-state index in [4.69, 9.17) is 33.7 Å². The molecule has 0 aliphatic carbocycles. The largest absolute Gasteiger partial charge is 0.459 e. The van der Waals surface area contributed by atoms with E-state index in [0.717, 1.165) is 5.56 Å². The summed E-state index contributed by atoms with van der Waals surface area (Å²) in [5.41, 5.74) is 6.71. The molecule has 5 nitrogen and oxygen atoms in total. The van der Waals surface area contributed by atoms with Crippen LogP contribution in [0.25, 0.3) is 0 Å². The number of halogens is 2. The third-order valence-corrected chi connectivity index (χ3v) is 3.99. The van der Waals surface area contributed by atoms with Crippen molar-refractivity contribution in [2.75, 3.05) is 0 Å². The average Bonchev–Trinajstić information content (AvgIpc) is 2.55. The highest BCUT2D eigenvalue weighted by Gasteiger charge is 2.22. The Hall–Kier alpha value is -2.24. The minimum Gasteiger partial charge on any atom is -0.459 e. The summed E-state index contributed by atoms with van der Waals surface area (Å²) in [5.74, 6) is -0.580. The van der Waals surface area contributed by atoms with Crippen LogP contribution in [0.4, 0.5) is 4.79 Å². The predicted octanol–water partition coefficient (Wildman–Crippen LogP) is 3.32. The van der Waals surface area contributed by atoms with Gasteiger partial charge >= 0.3 is 12.0 Å². The number of hydrogen-bond donors (Lipinski definition) is 2. The fourth-order valence-corrected chi connectivity index (χ4v) is 2.42. The molecule has 0 heterocycles. The van der Waals surface area contributed by atoms with E-state index >= 15 is 0 Å². The summed E-state index contributed by atoms with van der Waals surface area (Å²) in [7, 11) is 0. The Balaban J connectivity index is 2.01. The molecule has 24 heavy (non-hydrogen) atoms. The number of ether oxygens (including phenoxy) is 1. The standard InChI is InChI=1S/C17H16Cl2N2O3/c18-13-7-6-12(8-14(13)19)10-24-16(22)15(21-17(20)23)9-11-4-2-1-3-5-11/h1-8,15H,9-10H2,(H3,20,21,23)/t15-/m0/s1. The van der Waals surface area contributed by atoms with Gasteiger partial charge in [-0.1, -0.05) is 59.6 Å². The third-order valence-electron chi connectivity index (χ3n) is 3.25. The van der Waals surface area contributed by atoms with E-state index in [9.17, 15) is 9.59 Å². The maximum Gasteiger partial charge on any atom is 0.329 e. The first-order valence-electron chi connectivity index (χ1n) is 7.16. The average molecular weight is 367 g/mol. The van der Waals surface area contributed by atoms with Crippen LogP contribution in [-0.4, -0.2) is 18.0 Å². The van der Waals surface area contributed by atoms with Gasteiger partial charge in [-0.3, -0.25) is 0 Å². The molecule has 0 aliphatic heterocycles. The Morgan fingerprint density at radius 3 is 2.38 bits per heavy atom. The van der Waals surface area contributed by atoms with E-state index in [0.29, 0.717) is 15.6 Å². The van der Waals surface area contributed by atoms with Gasteiger partial charge in [0.05, 0.1) is 10.0 Å². The van der Waals surface area contributed by atoms with Gasteiger partial charge in [0.2, 0.25) is 0 Å². The predicted molar refractivity (Wildman–Crippen MR) is 92.9 cm³/mol. The molecule has 0 bridgehead atoms. The number of primary amides is 1. The number of benzene rings is 2. The van der Waals surface area contributed by atoms with E-state index in [-0.39, 0.29) is 13.0 Å². The van der Waals surface area contributed by atoms with Crippen LogP contribution in [-0.2, 0) is 22.6 Å². The maximum atomic E-state index is 12.3. The lowest BCUT2D eigenvalue weighted by Gasteiger charge is -2.16. The Morgan fingerprint density at radius 2 is 1.75 bits per heavy atom. The minimum atomic E-state index is -0.868. The molecule has 1 atom stereocenters. The highest BCUT2D eigenvalue weighted by atomic mass is 35.5. The summed E-state index contributed by atoms with van der Waals surface area (Å²) >= 11 is 11.8. The van der Waals surface area contributed by atoms with Crippen LogP contribution in [0.1, 0.15) is 11.1 Å². The Morgan fingerprint density at radius 1 is 1.04 bits per heavy atom. The smallest absolute Gasteiger partial charge is 0.329 e. The van der Waals surface area contributed by atoms with Crippen LogP contribution >= 0.6 is 23.2 Å². The van der Waals surface area contributed by atoms with Gasteiger partial charge in [-0.05, 0) is 23.3 Å². The summed E-state index contributed by atoms with van der Waals surface area (Å²) in [6.07, 6.45) is 0.282. The molecule has 0 spiro atoms. The Bertz CT molecular complexity index is 723. The van der Waals surface area contributed by atoms with Crippen molar-refractivity contribution >= 4 is 35.2 Å². The molecule has 2 aromatic carbocycles. The monoisotopic (exact) mass is 366 g/mol. The highest BCUT2D eigenvalue weighted by Crippen LogP contribution is 2.23. The topological polar surface area (TPSA) is 81.4 Å².